The van der Waals surface area contributed by atoms with Crippen LogP contribution in [0.2, 0.25) is 0 Å². The standard InChI is InChI=1S/C45H33N3S/c1-28-10-9-13-31(26-28)32-20-25-40-38(27-32)35-23-24-36-34-14-6-8-17-41(34)49-44(36)43(35)48(40)33-21-18-30(19-22-33)45-46-39-16-7-5-15-37(39)42(47-45)29-11-3-2-4-12-29/h2-25,27-28,42H,26H2,1H3,(H,46,47). The van der Waals surface area contributed by atoms with Gasteiger partial charge in [-0.2, -0.15) is 0 Å². The molecule has 2 aliphatic rings. The summed E-state index contributed by atoms with van der Waals surface area (Å²) < 4.78 is 5.13. The van der Waals surface area contributed by atoms with Crippen LogP contribution >= 0.6 is 11.3 Å². The molecule has 3 heterocycles. The molecule has 8 aromatic rings. The highest BCUT2D eigenvalue weighted by molar-refractivity contribution is 7.26. The molecular weight excluding hydrogens is 615 g/mol. The number of para-hydroxylation sites is 1. The number of rotatable bonds is 4. The fraction of sp³-hybridized carbons (Fsp3) is 0.0889. The lowest BCUT2D eigenvalue weighted by Crippen LogP contribution is -2.32. The summed E-state index contributed by atoms with van der Waals surface area (Å²) >= 11 is 1.89. The lowest BCUT2D eigenvalue weighted by molar-refractivity contribution is 0.749. The van der Waals surface area contributed by atoms with Gasteiger partial charge in [-0.1, -0.05) is 110 Å². The van der Waals surface area contributed by atoms with Crippen molar-refractivity contribution in [2.75, 3.05) is 0 Å². The van der Waals surface area contributed by atoms with E-state index in [1.165, 1.54) is 64.2 Å². The molecule has 2 aromatic heterocycles. The first-order valence-corrected chi connectivity index (χ1v) is 17.9. The van der Waals surface area contributed by atoms with Crippen LogP contribution in [0.25, 0.3) is 53.2 Å². The summed E-state index contributed by atoms with van der Waals surface area (Å²) in [6.45, 7) is 2.30. The zero-order valence-electron chi connectivity index (χ0n) is 27.1. The first kappa shape index (κ1) is 28.3. The van der Waals surface area contributed by atoms with Gasteiger partial charge in [-0.05, 0) is 77.6 Å². The van der Waals surface area contributed by atoms with E-state index < -0.39 is 0 Å². The summed E-state index contributed by atoms with van der Waals surface area (Å²) in [4.78, 5) is 5.10. The molecule has 0 saturated heterocycles. The third-order valence-electron chi connectivity index (χ3n) is 10.2. The van der Waals surface area contributed by atoms with E-state index in [1.54, 1.807) is 0 Å². The summed E-state index contributed by atoms with van der Waals surface area (Å²) in [6.07, 6.45) is 7.86. The second-order valence-electron chi connectivity index (χ2n) is 13.3. The van der Waals surface area contributed by atoms with Gasteiger partial charge in [0.25, 0.3) is 0 Å². The van der Waals surface area contributed by atoms with E-state index in [-0.39, 0.29) is 6.04 Å². The van der Waals surface area contributed by atoms with Crippen LogP contribution in [-0.4, -0.2) is 10.4 Å². The first-order valence-electron chi connectivity index (χ1n) is 17.1. The van der Waals surface area contributed by atoms with Crippen molar-refractivity contribution in [1.29, 1.82) is 0 Å². The molecule has 0 bridgehead atoms. The molecule has 0 amide bonds. The van der Waals surface area contributed by atoms with E-state index in [4.69, 9.17) is 4.99 Å². The van der Waals surface area contributed by atoms with Gasteiger partial charge in [0, 0.05) is 43.1 Å². The smallest absolute Gasteiger partial charge is 0.134 e. The number of thiophene rings is 1. The first-order chi connectivity index (χ1) is 24.2. The van der Waals surface area contributed by atoms with Crippen molar-refractivity contribution >= 4 is 70.4 Å². The Balaban J connectivity index is 1.14. The highest BCUT2D eigenvalue weighted by atomic mass is 32.1. The summed E-state index contributed by atoms with van der Waals surface area (Å²) in [5, 5.41) is 8.99. The number of fused-ring (bicyclic) bond motifs is 8. The van der Waals surface area contributed by atoms with Crippen LogP contribution in [-0.2, 0) is 0 Å². The number of allylic oxidation sites excluding steroid dienone is 4. The fourth-order valence-corrected chi connectivity index (χ4v) is 9.07. The summed E-state index contributed by atoms with van der Waals surface area (Å²) in [6, 6.07) is 48.6. The number of aromatic nitrogens is 1. The maximum atomic E-state index is 5.10. The average Bonchev–Trinajstić information content (AvgIpc) is 3.70. The van der Waals surface area contributed by atoms with Crippen molar-refractivity contribution in [3.63, 3.8) is 0 Å². The number of benzene rings is 6. The molecule has 234 valence electrons. The van der Waals surface area contributed by atoms with Gasteiger partial charge in [-0.25, -0.2) is 4.99 Å². The number of aliphatic imine (C=N–C) groups is 1. The van der Waals surface area contributed by atoms with Crippen LogP contribution in [0.5, 0.6) is 0 Å². The van der Waals surface area contributed by atoms with Crippen molar-refractivity contribution in [3.05, 3.63) is 174 Å². The Bertz CT molecular complexity index is 2670. The highest BCUT2D eigenvalue weighted by Crippen LogP contribution is 2.44. The van der Waals surface area contributed by atoms with Gasteiger partial charge in [0.05, 0.1) is 27.5 Å². The number of nitrogens with zero attached hydrogens (tertiary/aromatic N) is 2. The minimum Gasteiger partial charge on any atom is -0.359 e. The van der Waals surface area contributed by atoms with Gasteiger partial charge in [-0.15, -0.1) is 11.3 Å². The van der Waals surface area contributed by atoms with E-state index in [2.05, 4.69) is 168 Å². The zero-order chi connectivity index (χ0) is 32.5. The topological polar surface area (TPSA) is 29.3 Å². The van der Waals surface area contributed by atoms with E-state index >= 15 is 0 Å². The molecule has 0 spiro atoms. The number of nitrogens with one attached hydrogen (secondary N) is 1. The number of hydrogen-bond donors (Lipinski definition) is 1. The van der Waals surface area contributed by atoms with Gasteiger partial charge in [0.1, 0.15) is 5.84 Å². The van der Waals surface area contributed by atoms with E-state index in [9.17, 15) is 0 Å². The predicted octanol–water partition coefficient (Wildman–Crippen LogP) is 11.9. The maximum Gasteiger partial charge on any atom is 0.134 e. The van der Waals surface area contributed by atoms with Crippen molar-refractivity contribution in [2.24, 2.45) is 10.9 Å². The van der Waals surface area contributed by atoms with Gasteiger partial charge in [0.15, 0.2) is 0 Å². The molecule has 0 fully saturated rings. The lowest BCUT2D eigenvalue weighted by Gasteiger charge is -2.27. The second-order valence-corrected chi connectivity index (χ2v) is 14.4. The molecule has 2 atom stereocenters. The summed E-state index contributed by atoms with van der Waals surface area (Å²) in [5.74, 6) is 1.44. The molecule has 6 aromatic carbocycles. The quantitative estimate of drug-likeness (QED) is 0.202. The largest absolute Gasteiger partial charge is 0.359 e. The van der Waals surface area contributed by atoms with Crippen molar-refractivity contribution in [2.45, 2.75) is 19.4 Å². The van der Waals surface area contributed by atoms with Crippen LogP contribution < -0.4 is 5.32 Å². The third-order valence-corrected chi connectivity index (χ3v) is 11.4. The molecule has 2 unspecified atom stereocenters. The zero-order valence-corrected chi connectivity index (χ0v) is 27.9. The monoisotopic (exact) mass is 647 g/mol. The second kappa shape index (κ2) is 11.2. The van der Waals surface area contributed by atoms with Crippen LogP contribution in [0, 0.1) is 5.92 Å². The number of amidine groups is 1. The summed E-state index contributed by atoms with van der Waals surface area (Å²) in [5.41, 5.74) is 10.9. The van der Waals surface area contributed by atoms with Crippen molar-refractivity contribution < 1.29 is 0 Å². The van der Waals surface area contributed by atoms with E-state index in [0.717, 1.165) is 29.2 Å². The van der Waals surface area contributed by atoms with Gasteiger partial charge in [-0.3, -0.25) is 0 Å². The molecule has 0 radical (unpaired) electrons. The highest BCUT2D eigenvalue weighted by Gasteiger charge is 2.24. The van der Waals surface area contributed by atoms with Crippen LogP contribution in [0.1, 0.15) is 41.6 Å². The summed E-state index contributed by atoms with van der Waals surface area (Å²) in [7, 11) is 0. The van der Waals surface area contributed by atoms with Crippen molar-refractivity contribution in [3.8, 4) is 5.69 Å². The van der Waals surface area contributed by atoms with Gasteiger partial charge >= 0.3 is 0 Å². The molecule has 10 rings (SSSR count). The Morgan fingerprint density at radius 1 is 0.714 bits per heavy atom. The molecule has 1 N–H and O–H groups in total. The van der Waals surface area contributed by atoms with Crippen LogP contribution in [0.15, 0.2) is 157 Å². The van der Waals surface area contributed by atoms with Crippen LogP contribution in [0.4, 0.5) is 5.69 Å². The molecule has 3 nitrogen and oxygen atoms in total. The average molecular weight is 648 g/mol. The predicted molar refractivity (Wildman–Crippen MR) is 209 cm³/mol. The minimum atomic E-state index is 0.0371. The van der Waals surface area contributed by atoms with Crippen LogP contribution in [0.3, 0.4) is 0 Å². The van der Waals surface area contributed by atoms with Crippen molar-refractivity contribution in [1.82, 2.24) is 9.88 Å². The lowest BCUT2D eigenvalue weighted by atomic mass is 9.90. The Labute approximate surface area is 289 Å². The van der Waals surface area contributed by atoms with E-state index in [0.29, 0.717) is 5.92 Å². The maximum absolute atomic E-state index is 5.10. The SMILES string of the molecule is CC1C=CC=C(c2ccc3c(c2)c2ccc4c5ccccc5sc4c2n3-c2ccc(C3=Nc4ccccc4C(c4ccccc4)N3)cc2)C1. The Morgan fingerprint density at radius 3 is 2.37 bits per heavy atom. The minimum absolute atomic E-state index is 0.0371. The van der Waals surface area contributed by atoms with E-state index in [1.807, 2.05) is 11.3 Å². The molecule has 4 heteroatoms. The van der Waals surface area contributed by atoms with Gasteiger partial charge in [0.2, 0.25) is 0 Å². The Hall–Kier alpha value is -5.71. The fourth-order valence-electron chi connectivity index (χ4n) is 7.83. The molecule has 49 heavy (non-hydrogen) atoms. The Morgan fingerprint density at radius 2 is 1.49 bits per heavy atom. The normalized spacial score (nSPS) is 17.3. The number of hydrogen-bond acceptors (Lipinski definition) is 3. The molecular formula is C45H33N3S. The third kappa shape index (κ3) is 4.59. The Kier molecular flexibility index (Phi) is 6.46. The molecule has 1 aliphatic heterocycles. The molecule has 1 aliphatic carbocycles. The van der Waals surface area contributed by atoms with Gasteiger partial charge < -0.3 is 9.88 Å². The molecule has 0 saturated carbocycles.